The molecule has 0 aliphatic heterocycles. The zero-order chi connectivity index (χ0) is 15.6. The second-order valence-corrected chi connectivity index (χ2v) is 6.59. The molecule has 7 heteroatoms. The summed E-state index contributed by atoms with van der Waals surface area (Å²) in [5, 5.41) is 0.469. The first kappa shape index (κ1) is 16.8. The van der Waals surface area contributed by atoms with Crippen molar-refractivity contribution in [2.45, 2.75) is 12.5 Å². The Morgan fingerprint density at radius 1 is 1.19 bits per heavy atom. The predicted molar refractivity (Wildman–Crippen MR) is 87.0 cm³/mol. The van der Waals surface area contributed by atoms with Gasteiger partial charge in [0.15, 0.2) is 0 Å². The topological polar surface area (TPSA) is 38.0 Å². The Kier molecular flexibility index (Phi) is 5.73. The fourth-order valence-corrected chi connectivity index (χ4v) is 3.00. The molecule has 0 spiro atoms. The van der Waals surface area contributed by atoms with Crippen molar-refractivity contribution in [3.63, 3.8) is 0 Å². The lowest BCUT2D eigenvalue weighted by Gasteiger charge is -2.19. The maximum atomic E-state index is 14.1. The zero-order valence-corrected chi connectivity index (χ0v) is 14.6. The van der Waals surface area contributed by atoms with Crippen LogP contribution in [0.2, 0.25) is 5.02 Å². The molecule has 0 saturated carbocycles. The molecule has 0 saturated heterocycles. The van der Waals surface area contributed by atoms with Crippen LogP contribution in [0, 0.1) is 11.6 Å². The van der Waals surface area contributed by atoms with Crippen molar-refractivity contribution in [2.75, 3.05) is 0 Å². The Labute approximate surface area is 142 Å². The van der Waals surface area contributed by atoms with E-state index in [1.54, 1.807) is 18.2 Å². The molecule has 0 bridgehead atoms. The molecule has 1 unspecified atom stereocenters. The molecule has 3 N–H and O–H groups in total. The van der Waals surface area contributed by atoms with Crippen LogP contribution in [0.1, 0.15) is 17.2 Å². The molecule has 0 fully saturated rings. The second kappa shape index (κ2) is 7.15. The van der Waals surface area contributed by atoms with E-state index in [1.807, 2.05) is 0 Å². The van der Waals surface area contributed by atoms with Gasteiger partial charge in [0.25, 0.3) is 0 Å². The number of rotatable bonds is 4. The monoisotopic (exact) mass is 438 g/mol. The minimum Gasteiger partial charge on any atom is -0.271 e. The van der Waals surface area contributed by atoms with Crippen molar-refractivity contribution in [3.8, 4) is 0 Å². The minimum atomic E-state index is -0.638. The third kappa shape index (κ3) is 3.81. The summed E-state index contributed by atoms with van der Waals surface area (Å²) in [7, 11) is 0. The van der Waals surface area contributed by atoms with Gasteiger partial charge in [-0.05, 0) is 58.2 Å². The Bertz CT molecular complexity index is 668. The summed E-state index contributed by atoms with van der Waals surface area (Å²) in [6.07, 6.45) is 0.0315. The molecule has 21 heavy (non-hydrogen) atoms. The van der Waals surface area contributed by atoms with Gasteiger partial charge < -0.3 is 0 Å². The van der Waals surface area contributed by atoms with E-state index in [0.29, 0.717) is 10.6 Å². The van der Waals surface area contributed by atoms with Crippen molar-refractivity contribution < 1.29 is 8.78 Å². The number of benzene rings is 2. The third-order valence-corrected chi connectivity index (χ3v) is 4.53. The average molecular weight is 441 g/mol. The quantitative estimate of drug-likeness (QED) is 0.404. The van der Waals surface area contributed by atoms with E-state index >= 15 is 0 Å². The van der Waals surface area contributed by atoms with Crippen molar-refractivity contribution in [1.29, 1.82) is 0 Å². The van der Waals surface area contributed by atoms with Crippen LogP contribution in [-0.4, -0.2) is 0 Å². The van der Waals surface area contributed by atoms with E-state index in [9.17, 15) is 8.78 Å². The van der Waals surface area contributed by atoms with Crippen LogP contribution in [0.4, 0.5) is 8.78 Å². The van der Waals surface area contributed by atoms with Gasteiger partial charge in [0.2, 0.25) is 0 Å². The molecule has 2 aromatic rings. The Balaban J connectivity index is 2.40. The fraction of sp³-hybridized carbons (Fsp3) is 0.143. The van der Waals surface area contributed by atoms with Crippen molar-refractivity contribution in [2.24, 2.45) is 5.84 Å². The Morgan fingerprint density at radius 3 is 2.57 bits per heavy atom. The van der Waals surface area contributed by atoms with Gasteiger partial charge in [-0.15, -0.1) is 0 Å². The van der Waals surface area contributed by atoms with E-state index in [-0.39, 0.29) is 16.5 Å². The standard InChI is InChI=1S/C14H11Br2ClF2N2/c15-7-1-3-11(17)8(5-7)13(21-20)6-9-12(18)4-2-10(16)14(9)19/h1-5,13,21H,6,20H2. The number of hydrazine groups is 1. The minimum absolute atomic E-state index is 0.0315. The smallest absolute Gasteiger partial charge is 0.143 e. The molecule has 112 valence electrons. The number of hydrogen-bond acceptors (Lipinski definition) is 2. The van der Waals surface area contributed by atoms with E-state index in [4.69, 9.17) is 17.4 Å². The number of nitrogens with one attached hydrogen (secondary N) is 1. The summed E-state index contributed by atoms with van der Waals surface area (Å²) in [5.74, 6) is 4.27. The van der Waals surface area contributed by atoms with E-state index in [0.717, 1.165) is 4.47 Å². The lowest BCUT2D eigenvalue weighted by atomic mass is 9.98. The highest BCUT2D eigenvalue weighted by Gasteiger charge is 2.20. The molecule has 0 aromatic heterocycles. The number of hydrogen-bond donors (Lipinski definition) is 2. The van der Waals surface area contributed by atoms with Gasteiger partial charge in [0, 0.05) is 15.1 Å². The molecular formula is C14H11Br2ClF2N2. The van der Waals surface area contributed by atoms with Crippen LogP contribution in [0.3, 0.4) is 0 Å². The van der Waals surface area contributed by atoms with Crippen LogP contribution < -0.4 is 11.3 Å². The SMILES string of the molecule is NNC(Cc1c(F)ccc(Br)c1F)c1cc(Br)ccc1Cl. The lowest BCUT2D eigenvalue weighted by molar-refractivity contribution is 0.498. The summed E-state index contributed by atoms with van der Waals surface area (Å²) in [6, 6.07) is 7.25. The van der Waals surface area contributed by atoms with Crippen molar-refractivity contribution >= 4 is 43.5 Å². The summed E-state index contributed by atoms with van der Waals surface area (Å²) < 4.78 is 28.9. The molecule has 0 aliphatic rings. The first-order valence-corrected chi connectivity index (χ1v) is 7.94. The van der Waals surface area contributed by atoms with Crippen LogP contribution in [0.5, 0.6) is 0 Å². The maximum absolute atomic E-state index is 14.1. The molecule has 0 radical (unpaired) electrons. The van der Waals surface area contributed by atoms with E-state index in [1.165, 1.54) is 12.1 Å². The summed E-state index contributed by atoms with van der Waals surface area (Å²) in [4.78, 5) is 0. The molecule has 0 heterocycles. The fourth-order valence-electron chi connectivity index (χ4n) is 2.00. The van der Waals surface area contributed by atoms with Crippen LogP contribution >= 0.6 is 43.5 Å². The van der Waals surface area contributed by atoms with Gasteiger partial charge in [-0.25, -0.2) is 8.78 Å². The number of nitrogens with two attached hydrogens (primary N) is 1. The maximum Gasteiger partial charge on any atom is 0.143 e. The third-order valence-electron chi connectivity index (χ3n) is 3.08. The van der Waals surface area contributed by atoms with E-state index in [2.05, 4.69) is 37.3 Å². The molecular weight excluding hydrogens is 429 g/mol. The van der Waals surface area contributed by atoms with Crippen LogP contribution in [0.15, 0.2) is 39.3 Å². The molecule has 0 amide bonds. The van der Waals surface area contributed by atoms with Gasteiger partial charge >= 0.3 is 0 Å². The van der Waals surface area contributed by atoms with Crippen molar-refractivity contribution in [3.05, 3.63) is 67.1 Å². The van der Waals surface area contributed by atoms with Gasteiger partial charge in [0.05, 0.1) is 10.5 Å². The van der Waals surface area contributed by atoms with Crippen molar-refractivity contribution in [1.82, 2.24) is 5.43 Å². The van der Waals surface area contributed by atoms with Gasteiger partial charge in [-0.3, -0.25) is 11.3 Å². The summed E-state index contributed by atoms with van der Waals surface area (Å²) in [5.41, 5.74) is 3.16. The predicted octanol–water partition coefficient (Wildman–Crippen LogP) is 4.89. The molecule has 1 atom stereocenters. The summed E-state index contributed by atoms with van der Waals surface area (Å²) >= 11 is 12.5. The highest BCUT2D eigenvalue weighted by atomic mass is 79.9. The first-order chi connectivity index (χ1) is 9.93. The Hall–Kier alpha value is -0.530. The highest BCUT2D eigenvalue weighted by Crippen LogP contribution is 2.31. The van der Waals surface area contributed by atoms with E-state index < -0.39 is 17.7 Å². The van der Waals surface area contributed by atoms with Gasteiger partial charge in [-0.2, -0.15) is 0 Å². The highest BCUT2D eigenvalue weighted by molar-refractivity contribution is 9.10. The molecule has 0 aliphatic carbocycles. The largest absolute Gasteiger partial charge is 0.271 e. The van der Waals surface area contributed by atoms with Crippen LogP contribution in [-0.2, 0) is 6.42 Å². The van der Waals surface area contributed by atoms with Gasteiger partial charge in [0.1, 0.15) is 11.6 Å². The van der Waals surface area contributed by atoms with Crippen LogP contribution in [0.25, 0.3) is 0 Å². The molecule has 2 aromatic carbocycles. The number of halogens is 5. The Morgan fingerprint density at radius 2 is 1.90 bits per heavy atom. The average Bonchev–Trinajstić information content (AvgIpc) is 2.46. The normalized spacial score (nSPS) is 12.5. The van der Waals surface area contributed by atoms with Gasteiger partial charge in [-0.1, -0.05) is 27.5 Å². The molecule has 2 nitrogen and oxygen atoms in total. The second-order valence-electron chi connectivity index (χ2n) is 4.41. The lowest BCUT2D eigenvalue weighted by Crippen LogP contribution is -2.30. The summed E-state index contributed by atoms with van der Waals surface area (Å²) in [6.45, 7) is 0. The molecule has 2 rings (SSSR count). The first-order valence-electron chi connectivity index (χ1n) is 5.97. The zero-order valence-electron chi connectivity index (χ0n) is 10.6.